The second kappa shape index (κ2) is 6.86. The molecule has 3 nitrogen and oxygen atoms in total. The first-order valence-electron chi connectivity index (χ1n) is 8.40. The molecule has 23 heavy (non-hydrogen) atoms. The Balaban J connectivity index is 1.67. The second-order valence-electron chi connectivity index (χ2n) is 6.56. The molecule has 0 bridgehead atoms. The molecule has 1 aliphatic rings. The molecule has 2 aromatic carbocycles. The third-order valence-corrected chi connectivity index (χ3v) is 4.49. The minimum atomic E-state index is 0.155. The smallest absolute Gasteiger partial charge is 0.227 e. The number of nitrogens with one attached hydrogen (secondary N) is 2. The predicted molar refractivity (Wildman–Crippen MR) is 96.2 cm³/mol. The summed E-state index contributed by atoms with van der Waals surface area (Å²) in [5.41, 5.74) is 4.33. The molecule has 2 N–H and O–H groups in total. The highest BCUT2D eigenvalue weighted by Crippen LogP contribution is 2.29. The first kappa shape index (κ1) is 15.6. The van der Waals surface area contributed by atoms with Gasteiger partial charge in [0, 0.05) is 23.0 Å². The van der Waals surface area contributed by atoms with Crippen LogP contribution < -0.4 is 10.6 Å². The molecule has 120 valence electrons. The van der Waals surface area contributed by atoms with Crippen LogP contribution in [0, 0.1) is 5.92 Å². The molecule has 0 atom stereocenters. The van der Waals surface area contributed by atoms with Crippen molar-refractivity contribution in [3.8, 4) is 0 Å². The monoisotopic (exact) mass is 308 g/mol. The van der Waals surface area contributed by atoms with Crippen molar-refractivity contribution in [3.05, 3.63) is 54.1 Å². The predicted octanol–water partition coefficient (Wildman–Crippen LogP) is 5.29. The van der Waals surface area contributed by atoms with Crippen molar-refractivity contribution in [3.63, 3.8) is 0 Å². The molecule has 3 rings (SSSR count). The van der Waals surface area contributed by atoms with Gasteiger partial charge in [0.25, 0.3) is 0 Å². The van der Waals surface area contributed by atoms with Crippen molar-refractivity contribution in [1.82, 2.24) is 0 Å². The number of anilines is 3. The highest BCUT2D eigenvalue weighted by Gasteiger charge is 2.24. The summed E-state index contributed by atoms with van der Waals surface area (Å²) in [6, 6.07) is 16.3. The first-order valence-corrected chi connectivity index (χ1v) is 8.40. The van der Waals surface area contributed by atoms with E-state index in [1.54, 1.807) is 0 Å². The molecule has 0 aromatic heterocycles. The van der Waals surface area contributed by atoms with E-state index in [1.165, 1.54) is 12.0 Å². The fourth-order valence-electron chi connectivity index (χ4n) is 2.82. The van der Waals surface area contributed by atoms with E-state index < -0.39 is 0 Å². The molecular weight excluding hydrogens is 284 g/mol. The Bertz CT molecular complexity index is 672. The maximum atomic E-state index is 12.0. The van der Waals surface area contributed by atoms with Crippen LogP contribution >= 0.6 is 0 Å². The molecule has 3 heteroatoms. The van der Waals surface area contributed by atoms with Gasteiger partial charge < -0.3 is 10.6 Å². The molecule has 0 spiro atoms. The lowest BCUT2D eigenvalue weighted by molar-refractivity contribution is -0.122. The number of benzene rings is 2. The minimum absolute atomic E-state index is 0.155. The van der Waals surface area contributed by atoms with Gasteiger partial charge in [-0.05, 0) is 54.7 Å². The number of carbonyl (C=O) groups is 1. The lowest BCUT2D eigenvalue weighted by atomic mass is 9.85. The molecule has 1 aliphatic carbocycles. The lowest BCUT2D eigenvalue weighted by Gasteiger charge is -2.24. The summed E-state index contributed by atoms with van der Waals surface area (Å²) in [4.78, 5) is 12.0. The number of carbonyl (C=O) groups excluding carboxylic acids is 1. The fourth-order valence-corrected chi connectivity index (χ4v) is 2.82. The maximum Gasteiger partial charge on any atom is 0.227 e. The van der Waals surface area contributed by atoms with Crippen molar-refractivity contribution in [2.45, 2.75) is 39.0 Å². The second-order valence-corrected chi connectivity index (χ2v) is 6.56. The zero-order valence-electron chi connectivity index (χ0n) is 13.8. The van der Waals surface area contributed by atoms with Gasteiger partial charge in [0.05, 0.1) is 0 Å². The largest absolute Gasteiger partial charge is 0.355 e. The van der Waals surface area contributed by atoms with Crippen LogP contribution in [0.1, 0.15) is 44.6 Å². The Kier molecular flexibility index (Phi) is 4.65. The summed E-state index contributed by atoms with van der Waals surface area (Å²) in [5, 5.41) is 6.46. The number of para-hydroxylation sites is 1. The van der Waals surface area contributed by atoms with E-state index in [2.05, 4.69) is 42.7 Å². The van der Waals surface area contributed by atoms with Crippen LogP contribution in [0.25, 0.3) is 0 Å². The Morgan fingerprint density at radius 3 is 2.26 bits per heavy atom. The molecular formula is C20H24N2O. The summed E-state index contributed by atoms with van der Waals surface area (Å²) in [6.45, 7) is 4.39. The molecule has 1 fully saturated rings. The van der Waals surface area contributed by atoms with E-state index in [0.717, 1.165) is 29.9 Å². The number of rotatable bonds is 5. The quantitative estimate of drug-likeness (QED) is 0.787. The average molecular weight is 308 g/mol. The summed E-state index contributed by atoms with van der Waals surface area (Å²) < 4.78 is 0. The Labute approximate surface area is 138 Å². The highest BCUT2D eigenvalue weighted by molar-refractivity contribution is 5.93. The first-order chi connectivity index (χ1) is 11.1. The zero-order valence-corrected chi connectivity index (χ0v) is 13.8. The zero-order chi connectivity index (χ0) is 16.2. The lowest BCUT2D eigenvalue weighted by Crippen LogP contribution is -2.27. The fraction of sp³-hybridized carbons (Fsp3) is 0.350. The van der Waals surface area contributed by atoms with Crippen LogP contribution in [0.15, 0.2) is 48.5 Å². The Morgan fingerprint density at radius 1 is 1.00 bits per heavy atom. The van der Waals surface area contributed by atoms with Crippen LogP contribution in [0.4, 0.5) is 17.1 Å². The average Bonchev–Trinajstić information content (AvgIpc) is 2.48. The summed E-state index contributed by atoms with van der Waals surface area (Å²) >= 11 is 0. The summed E-state index contributed by atoms with van der Waals surface area (Å²) in [7, 11) is 0. The van der Waals surface area contributed by atoms with Gasteiger partial charge in [0.1, 0.15) is 0 Å². The van der Waals surface area contributed by atoms with Crippen LogP contribution in [-0.4, -0.2) is 5.91 Å². The van der Waals surface area contributed by atoms with E-state index in [1.807, 2.05) is 30.3 Å². The third kappa shape index (κ3) is 3.73. The normalized spacial score (nSPS) is 14.4. The topological polar surface area (TPSA) is 41.1 Å². The van der Waals surface area contributed by atoms with Gasteiger partial charge in [-0.15, -0.1) is 0 Å². The molecule has 0 unspecified atom stereocenters. The molecule has 2 aromatic rings. The van der Waals surface area contributed by atoms with Crippen molar-refractivity contribution in [1.29, 1.82) is 0 Å². The summed E-state index contributed by atoms with van der Waals surface area (Å²) in [6.07, 6.45) is 3.23. The van der Waals surface area contributed by atoms with E-state index >= 15 is 0 Å². The van der Waals surface area contributed by atoms with Crippen LogP contribution in [-0.2, 0) is 4.79 Å². The summed E-state index contributed by atoms with van der Waals surface area (Å²) in [5.74, 6) is 0.840. The molecule has 0 aliphatic heterocycles. The van der Waals surface area contributed by atoms with Gasteiger partial charge in [0.2, 0.25) is 5.91 Å². The maximum absolute atomic E-state index is 12.0. The number of hydrogen-bond donors (Lipinski definition) is 2. The van der Waals surface area contributed by atoms with Crippen molar-refractivity contribution < 1.29 is 4.79 Å². The molecule has 1 amide bonds. The van der Waals surface area contributed by atoms with Gasteiger partial charge in [-0.2, -0.15) is 0 Å². The van der Waals surface area contributed by atoms with Crippen molar-refractivity contribution >= 4 is 23.0 Å². The molecule has 1 saturated carbocycles. The van der Waals surface area contributed by atoms with Gasteiger partial charge in [-0.3, -0.25) is 4.79 Å². The number of hydrogen-bond acceptors (Lipinski definition) is 2. The van der Waals surface area contributed by atoms with Gasteiger partial charge in [0.15, 0.2) is 0 Å². The Morgan fingerprint density at radius 2 is 1.65 bits per heavy atom. The van der Waals surface area contributed by atoms with E-state index in [-0.39, 0.29) is 11.8 Å². The van der Waals surface area contributed by atoms with E-state index in [4.69, 9.17) is 0 Å². The van der Waals surface area contributed by atoms with Gasteiger partial charge >= 0.3 is 0 Å². The molecule has 0 radical (unpaired) electrons. The van der Waals surface area contributed by atoms with Crippen LogP contribution in [0.3, 0.4) is 0 Å². The van der Waals surface area contributed by atoms with Gasteiger partial charge in [-0.1, -0.05) is 38.5 Å². The van der Waals surface area contributed by atoms with Crippen molar-refractivity contribution in [2.75, 3.05) is 10.6 Å². The highest BCUT2D eigenvalue weighted by atomic mass is 16.1. The van der Waals surface area contributed by atoms with Crippen molar-refractivity contribution in [2.24, 2.45) is 5.92 Å². The van der Waals surface area contributed by atoms with E-state index in [0.29, 0.717) is 5.92 Å². The number of amides is 1. The Hall–Kier alpha value is -2.29. The third-order valence-electron chi connectivity index (χ3n) is 4.49. The van der Waals surface area contributed by atoms with Gasteiger partial charge in [-0.25, -0.2) is 0 Å². The van der Waals surface area contributed by atoms with E-state index in [9.17, 15) is 4.79 Å². The molecule has 0 saturated heterocycles. The SMILES string of the molecule is CC(C)c1ccccc1Nc1ccc(NC(=O)C2CCC2)cc1. The van der Waals surface area contributed by atoms with Crippen LogP contribution in [0.5, 0.6) is 0 Å². The van der Waals surface area contributed by atoms with Crippen LogP contribution in [0.2, 0.25) is 0 Å². The molecule has 0 heterocycles. The standard InChI is InChI=1S/C20H24N2O/c1-14(2)18-8-3-4-9-19(18)21-16-10-12-17(13-11-16)22-20(23)15-6-5-7-15/h3-4,8-15,21H,5-7H2,1-2H3,(H,22,23). The minimum Gasteiger partial charge on any atom is -0.355 e.